The summed E-state index contributed by atoms with van der Waals surface area (Å²) in [4.78, 5) is 27.3. The second kappa shape index (κ2) is 11.5. The lowest BCUT2D eigenvalue weighted by atomic mass is 10.1. The fourth-order valence-corrected chi connectivity index (χ4v) is 3.85. The van der Waals surface area contributed by atoms with Gasteiger partial charge in [-0.05, 0) is 36.1 Å². The molecule has 0 heterocycles. The van der Waals surface area contributed by atoms with Crippen LogP contribution in [-0.4, -0.2) is 35.6 Å². The van der Waals surface area contributed by atoms with Crippen LogP contribution in [0.2, 0.25) is 0 Å². The third kappa shape index (κ3) is 7.39. The zero-order valence-corrected chi connectivity index (χ0v) is 17.8. The van der Waals surface area contributed by atoms with Gasteiger partial charge >= 0.3 is 0 Å². The van der Waals surface area contributed by atoms with Gasteiger partial charge in [-0.3, -0.25) is 9.59 Å². The number of amides is 2. The first-order valence-corrected chi connectivity index (χ1v) is 10.8. The van der Waals surface area contributed by atoms with Crippen LogP contribution in [0.25, 0.3) is 0 Å². The van der Waals surface area contributed by atoms with Crippen LogP contribution in [0, 0.1) is 0 Å². The maximum atomic E-state index is 12.9. The maximum absolute atomic E-state index is 12.9. The second-order valence-electron chi connectivity index (χ2n) is 6.99. The predicted molar refractivity (Wildman–Crippen MR) is 116 cm³/mol. The summed E-state index contributed by atoms with van der Waals surface area (Å²) in [6.45, 7) is 4.16. The van der Waals surface area contributed by atoms with Gasteiger partial charge in [-0.25, -0.2) is 0 Å². The summed E-state index contributed by atoms with van der Waals surface area (Å²) in [5, 5.41) is 2.80. The van der Waals surface area contributed by atoms with Crippen LogP contribution in [0.5, 0.6) is 0 Å². The van der Waals surface area contributed by atoms with Gasteiger partial charge in [0.2, 0.25) is 11.8 Å². The average Bonchev–Trinajstić information content (AvgIpc) is 2.70. The van der Waals surface area contributed by atoms with Crippen LogP contribution in [0.15, 0.2) is 59.5 Å². The van der Waals surface area contributed by atoms with Gasteiger partial charge in [0.05, 0.1) is 0 Å². The topological polar surface area (TPSA) is 49.4 Å². The number of hydrogen-bond acceptors (Lipinski definition) is 3. The first-order chi connectivity index (χ1) is 13.5. The van der Waals surface area contributed by atoms with Crippen LogP contribution in [0.4, 0.5) is 0 Å². The Morgan fingerprint density at radius 1 is 1.04 bits per heavy atom. The van der Waals surface area contributed by atoms with Crippen molar-refractivity contribution in [3.05, 3.63) is 65.7 Å². The van der Waals surface area contributed by atoms with E-state index in [-0.39, 0.29) is 11.8 Å². The van der Waals surface area contributed by atoms with Crippen LogP contribution >= 0.6 is 11.8 Å². The number of aryl methyl sites for hydroxylation is 1. The molecular formula is C23H30N2O2S. The number of nitrogens with one attached hydrogen (secondary N) is 1. The summed E-state index contributed by atoms with van der Waals surface area (Å²) in [6, 6.07) is 17.8. The summed E-state index contributed by atoms with van der Waals surface area (Å²) in [5.74, 6) is 0.236. The third-order valence-corrected chi connectivity index (χ3v) is 5.58. The fraction of sp³-hybridized carbons (Fsp3) is 0.391. The van der Waals surface area contributed by atoms with E-state index in [1.807, 2.05) is 30.3 Å². The Bertz CT molecular complexity index is 747. The molecule has 0 aliphatic carbocycles. The number of likely N-dealkylation sites (N-methyl/N-ethyl adjacent to an activating group) is 1. The Hall–Kier alpha value is -2.27. The Morgan fingerprint density at radius 2 is 1.71 bits per heavy atom. The monoisotopic (exact) mass is 398 g/mol. The van der Waals surface area contributed by atoms with E-state index < -0.39 is 6.04 Å². The first-order valence-electron chi connectivity index (χ1n) is 9.77. The molecule has 5 heteroatoms. The highest BCUT2D eigenvalue weighted by molar-refractivity contribution is 7.99. The summed E-state index contributed by atoms with van der Waals surface area (Å²) < 4.78 is 0. The molecule has 2 rings (SSSR count). The van der Waals surface area contributed by atoms with Crippen molar-refractivity contribution in [2.24, 2.45) is 0 Å². The molecule has 0 spiro atoms. The zero-order chi connectivity index (χ0) is 20.4. The smallest absolute Gasteiger partial charge is 0.246 e. The minimum atomic E-state index is -0.545. The van der Waals surface area contributed by atoms with E-state index in [2.05, 4.69) is 36.5 Å². The van der Waals surface area contributed by atoms with Crippen molar-refractivity contribution in [2.45, 2.75) is 50.6 Å². The zero-order valence-electron chi connectivity index (χ0n) is 17.0. The van der Waals surface area contributed by atoms with Gasteiger partial charge in [0.1, 0.15) is 6.04 Å². The van der Waals surface area contributed by atoms with E-state index in [1.54, 1.807) is 23.7 Å². The Balaban J connectivity index is 1.96. The van der Waals surface area contributed by atoms with Gasteiger partial charge in [-0.15, -0.1) is 11.8 Å². The SMILES string of the molecule is CCCCc1ccc(SCC(NC(C)=O)C(=O)N(C)Cc2ccccc2)cc1. The molecule has 0 saturated carbocycles. The fourth-order valence-electron chi connectivity index (χ4n) is 2.93. The molecule has 2 aromatic carbocycles. The summed E-state index contributed by atoms with van der Waals surface area (Å²) in [7, 11) is 1.78. The molecule has 0 saturated heterocycles. The van der Waals surface area contributed by atoms with E-state index in [9.17, 15) is 9.59 Å². The molecule has 150 valence electrons. The first kappa shape index (κ1) is 22.0. The lowest BCUT2D eigenvalue weighted by Gasteiger charge is -2.24. The molecule has 1 atom stereocenters. The number of unbranched alkanes of at least 4 members (excludes halogenated alkanes) is 1. The van der Waals surface area contributed by atoms with E-state index in [0.29, 0.717) is 12.3 Å². The van der Waals surface area contributed by atoms with Crippen molar-refractivity contribution in [3.63, 3.8) is 0 Å². The van der Waals surface area contributed by atoms with E-state index in [1.165, 1.54) is 25.3 Å². The number of rotatable bonds is 10. The number of carbonyl (C=O) groups is 2. The number of nitrogens with zero attached hydrogens (tertiary/aromatic N) is 1. The quantitative estimate of drug-likeness (QED) is 0.608. The normalized spacial score (nSPS) is 11.7. The van der Waals surface area contributed by atoms with Crippen LogP contribution < -0.4 is 5.32 Å². The molecule has 0 aromatic heterocycles. The number of benzene rings is 2. The number of carbonyl (C=O) groups excluding carboxylic acids is 2. The van der Waals surface area contributed by atoms with Gasteiger partial charge in [0.15, 0.2) is 0 Å². The minimum Gasteiger partial charge on any atom is -0.344 e. The third-order valence-electron chi connectivity index (χ3n) is 4.47. The van der Waals surface area contributed by atoms with Crippen LogP contribution in [-0.2, 0) is 22.6 Å². The summed E-state index contributed by atoms with van der Waals surface area (Å²) >= 11 is 1.59. The van der Waals surface area contributed by atoms with Gasteiger partial charge in [-0.1, -0.05) is 55.8 Å². The summed E-state index contributed by atoms with van der Waals surface area (Å²) in [5.41, 5.74) is 2.40. The highest BCUT2D eigenvalue weighted by Gasteiger charge is 2.23. The molecule has 4 nitrogen and oxygen atoms in total. The Labute approximate surface area is 172 Å². The van der Waals surface area contributed by atoms with E-state index in [0.717, 1.165) is 16.9 Å². The van der Waals surface area contributed by atoms with Gasteiger partial charge in [0, 0.05) is 31.2 Å². The molecule has 0 fully saturated rings. The maximum Gasteiger partial charge on any atom is 0.246 e. The standard InChI is InChI=1S/C23H30N2O2S/c1-4-5-9-19-12-14-21(15-13-19)28-17-22(24-18(2)26)23(27)25(3)16-20-10-7-6-8-11-20/h6-8,10-15,22H,4-5,9,16-17H2,1-3H3,(H,24,26). The Kier molecular flexibility index (Phi) is 9.08. The minimum absolute atomic E-state index is 0.0777. The highest BCUT2D eigenvalue weighted by atomic mass is 32.2. The largest absolute Gasteiger partial charge is 0.344 e. The van der Waals surface area contributed by atoms with Crippen molar-refractivity contribution >= 4 is 23.6 Å². The molecule has 28 heavy (non-hydrogen) atoms. The molecule has 1 N–H and O–H groups in total. The van der Waals surface area contributed by atoms with E-state index in [4.69, 9.17) is 0 Å². The number of hydrogen-bond donors (Lipinski definition) is 1. The van der Waals surface area contributed by atoms with E-state index >= 15 is 0 Å². The molecule has 0 aliphatic rings. The molecule has 0 bridgehead atoms. The number of thioether (sulfide) groups is 1. The second-order valence-corrected chi connectivity index (χ2v) is 8.08. The lowest BCUT2D eigenvalue weighted by Crippen LogP contribution is -2.48. The van der Waals surface area contributed by atoms with Crippen molar-refractivity contribution in [3.8, 4) is 0 Å². The van der Waals surface area contributed by atoms with Crippen molar-refractivity contribution in [2.75, 3.05) is 12.8 Å². The molecule has 0 radical (unpaired) electrons. The predicted octanol–water partition coefficient (Wildman–Crippen LogP) is 4.28. The molecule has 2 amide bonds. The molecule has 1 unspecified atom stereocenters. The van der Waals surface area contributed by atoms with Gasteiger partial charge in [0.25, 0.3) is 0 Å². The van der Waals surface area contributed by atoms with Crippen LogP contribution in [0.1, 0.15) is 37.8 Å². The molecule has 0 aliphatic heterocycles. The molecule has 2 aromatic rings. The van der Waals surface area contributed by atoms with Crippen molar-refractivity contribution < 1.29 is 9.59 Å². The van der Waals surface area contributed by atoms with Gasteiger partial charge in [-0.2, -0.15) is 0 Å². The van der Waals surface area contributed by atoms with Gasteiger partial charge < -0.3 is 10.2 Å². The Morgan fingerprint density at radius 3 is 2.32 bits per heavy atom. The van der Waals surface area contributed by atoms with Crippen LogP contribution in [0.3, 0.4) is 0 Å². The highest BCUT2D eigenvalue weighted by Crippen LogP contribution is 2.21. The average molecular weight is 399 g/mol. The van der Waals surface area contributed by atoms with Crippen molar-refractivity contribution in [1.29, 1.82) is 0 Å². The lowest BCUT2D eigenvalue weighted by molar-refractivity contribution is -0.134. The molecular weight excluding hydrogens is 368 g/mol. The summed E-state index contributed by atoms with van der Waals surface area (Å²) in [6.07, 6.45) is 3.48. The van der Waals surface area contributed by atoms with Crippen molar-refractivity contribution in [1.82, 2.24) is 10.2 Å².